The van der Waals surface area contributed by atoms with Crippen LogP contribution in [0.15, 0.2) is 53.4 Å². The Kier molecular flexibility index (Phi) is 6.12. The SMILES string of the molecule is CCNS(=O)(=O)c1cccc(-c2ccc(CCN3CCC[C@H]3C)cc2)c1. The first kappa shape index (κ1) is 19.1. The summed E-state index contributed by atoms with van der Waals surface area (Å²) in [5.74, 6) is 0. The van der Waals surface area contributed by atoms with Crippen molar-refractivity contribution in [1.82, 2.24) is 9.62 Å². The van der Waals surface area contributed by atoms with Crippen molar-refractivity contribution in [3.05, 3.63) is 54.1 Å². The molecule has 140 valence electrons. The smallest absolute Gasteiger partial charge is 0.240 e. The molecule has 1 aliphatic heterocycles. The van der Waals surface area contributed by atoms with E-state index in [1.807, 2.05) is 6.07 Å². The maximum absolute atomic E-state index is 12.2. The summed E-state index contributed by atoms with van der Waals surface area (Å²) in [7, 11) is -3.43. The second-order valence-corrected chi connectivity index (χ2v) is 8.77. The lowest BCUT2D eigenvalue weighted by Gasteiger charge is -2.20. The van der Waals surface area contributed by atoms with Gasteiger partial charge in [0.05, 0.1) is 4.90 Å². The van der Waals surface area contributed by atoms with E-state index in [1.165, 1.54) is 24.9 Å². The van der Waals surface area contributed by atoms with Crippen molar-refractivity contribution in [3.63, 3.8) is 0 Å². The van der Waals surface area contributed by atoms with E-state index in [4.69, 9.17) is 0 Å². The van der Waals surface area contributed by atoms with E-state index in [9.17, 15) is 8.42 Å². The highest BCUT2D eigenvalue weighted by Gasteiger charge is 2.19. The number of rotatable bonds is 7. The highest BCUT2D eigenvalue weighted by Crippen LogP contribution is 2.23. The summed E-state index contributed by atoms with van der Waals surface area (Å²) in [5.41, 5.74) is 3.28. The molecular weight excluding hydrogens is 344 g/mol. The Morgan fingerprint density at radius 2 is 1.88 bits per heavy atom. The average Bonchev–Trinajstić information content (AvgIpc) is 3.05. The van der Waals surface area contributed by atoms with Gasteiger partial charge in [-0.2, -0.15) is 0 Å². The Hall–Kier alpha value is -1.69. The minimum atomic E-state index is -3.43. The van der Waals surface area contributed by atoms with Crippen LogP contribution in [0, 0.1) is 0 Å². The fraction of sp³-hybridized carbons (Fsp3) is 0.429. The van der Waals surface area contributed by atoms with Crippen LogP contribution in [0.25, 0.3) is 11.1 Å². The van der Waals surface area contributed by atoms with Crippen molar-refractivity contribution in [2.75, 3.05) is 19.6 Å². The first-order valence-electron chi connectivity index (χ1n) is 9.42. The van der Waals surface area contributed by atoms with Crippen LogP contribution < -0.4 is 4.72 Å². The molecule has 1 atom stereocenters. The van der Waals surface area contributed by atoms with E-state index in [-0.39, 0.29) is 0 Å². The van der Waals surface area contributed by atoms with Gasteiger partial charge in [0, 0.05) is 19.1 Å². The molecular formula is C21H28N2O2S. The Balaban J connectivity index is 1.70. The number of hydrogen-bond acceptors (Lipinski definition) is 3. The fourth-order valence-electron chi connectivity index (χ4n) is 3.58. The predicted octanol–water partition coefficient (Wildman–Crippen LogP) is 3.68. The molecule has 1 aliphatic rings. The first-order chi connectivity index (χ1) is 12.5. The Morgan fingerprint density at radius 1 is 1.12 bits per heavy atom. The average molecular weight is 373 g/mol. The molecule has 0 bridgehead atoms. The van der Waals surface area contributed by atoms with Crippen LogP contribution in [0.2, 0.25) is 0 Å². The minimum Gasteiger partial charge on any atom is -0.300 e. The van der Waals surface area contributed by atoms with Gasteiger partial charge in [0.15, 0.2) is 0 Å². The summed E-state index contributed by atoms with van der Waals surface area (Å²) in [6, 6.07) is 16.3. The Labute approximate surface area is 157 Å². The molecule has 2 aromatic rings. The molecule has 1 N–H and O–H groups in total. The third-order valence-corrected chi connectivity index (χ3v) is 6.69. The molecule has 26 heavy (non-hydrogen) atoms. The number of sulfonamides is 1. The number of nitrogens with one attached hydrogen (secondary N) is 1. The molecule has 1 heterocycles. The van der Waals surface area contributed by atoms with Crippen LogP contribution in [0.5, 0.6) is 0 Å². The molecule has 0 aliphatic carbocycles. The topological polar surface area (TPSA) is 49.4 Å². The summed E-state index contributed by atoms with van der Waals surface area (Å²) in [6.07, 6.45) is 3.68. The van der Waals surface area contributed by atoms with Crippen LogP contribution >= 0.6 is 0 Å². The molecule has 3 rings (SSSR count). The summed E-state index contributed by atoms with van der Waals surface area (Å²) in [4.78, 5) is 2.87. The molecule has 4 nitrogen and oxygen atoms in total. The highest BCUT2D eigenvalue weighted by molar-refractivity contribution is 7.89. The minimum absolute atomic E-state index is 0.309. The lowest BCUT2D eigenvalue weighted by atomic mass is 10.0. The summed E-state index contributed by atoms with van der Waals surface area (Å²) in [6.45, 7) is 6.80. The van der Waals surface area contributed by atoms with Gasteiger partial charge in [-0.05, 0) is 61.6 Å². The molecule has 2 aromatic carbocycles. The quantitative estimate of drug-likeness (QED) is 0.807. The molecule has 0 unspecified atom stereocenters. The van der Waals surface area contributed by atoms with Crippen LogP contribution in [0.4, 0.5) is 0 Å². The standard InChI is InChI=1S/C21H28N2O2S/c1-3-22-26(24,25)21-8-4-7-20(16-21)19-11-9-18(10-12-19)13-15-23-14-5-6-17(23)2/h4,7-12,16-17,22H,3,5-6,13-15H2,1-2H3/t17-/m1/s1. The molecule has 0 amide bonds. The van der Waals surface area contributed by atoms with Gasteiger partial charge < -0.3 is 4.90 Å². The Bertz CT molecular complexity index is 831. The van der Waals surface area contributed by atoms with Crippen molar-refractivity contribution in [1.29, 1.82) is 0 Å². The van der Waals surface area contributed by atoms with E-state index < -0.39 is 10.0 Å². The lowest BCUT2D eigenvalue weighted by molar-refractivity contribution is 0.272. The van der Waals surface area contributed by atoms with Crippen LogP contribution in [0.3, 0.4) is 0 Å². The molecule has 0 saturated carbocycles. The van der Waals surface area contributed by atoms with Crippen molar-refractivity contribution in [3.8, 4) is 11.1 Å². The van der Waals surface area contributed by atoms with Gasteiger partial charge in [0.2, 0.25) is 10.0 Å². The van der Waals surface area contributed by atoms with Crippen molar-refractivity contribution >= 4 is 10.0 Å². The normalized spacial score (nSPS) is 18.3. The second kappa shape index (κ2) is 8.33. The monoisotopic (exact) mass is 372 g/mol. The van der Waals surface area contributed by atoms with Gasteiger partial charge in [0.25, 0.3) is 0 Å². The van der Waals surface area contributed by atoms with Crippen LogP contribution in [-0.2, 0) is 16.4 Å². The highest BCUT2D eigenvalue weighted by atomic mass is 32.2. The third kappa shape index (κ3) is 4.53. The van der Waals surface area contributed by atoms with Crippen molar-refractivity contribution < 1.29 is 8.42 Å². The molecule has 5 heteroatoms. The number of benzene rings is 2. The molecule has 1 fully saturated rings. The van der Waals surface area contributed by atoms with Gasteiger partial charge in [0.1, 0.15) is 0 Å². The predicted molar refractivity (Wildman–Crippen MR) is 107 cm³/mol. The number of hydrogen-bond donors (Lipinski definition) is 1. The van der Waals surface area contributed by atoms with E-state index >= 15 is 0 Å². The largest absolute Gasteiger partial charge is 0.300 e. The van der Waals surface area contributed by atoms with Gasteiger partial charge >= 0.3 is 0 Å². The van der Waals surface area contributed by atoms with Gasteiger partial charge in [-0.25, -0.2) is 13.1 Å². The van der Waals surface area contributed by atoms with Gasteiger partial charge in [-0.3, -0.25) is 0 Å². The van der Waals surface area contributed by atoms with Gasteiger partial charge in [-0.1, -0.05) is 43.3 Å². The van der Waals surface area contributed by atoms with Crippen molar-refractivity contribution in [2.45, 2.75) is 44.0 Å². The maximum Gasteiger partial charge on any atom is 0.240 e. The zero-order chi connectivity index (χ0) is 18.6. The van der Waals surface area contributed by atoms with Gasteiger partial charge in [-0.15, -0.1) is 0 Å². The third-order valence-electron chi connectivity index (χ3n) is 5.14. The van der Waals surface area contributed by atoms with Crippen LogP contribution in [0.1, 0.15) is 32.3 Å². The number of likely N-dealkylation sites (tertiary alicyclic amines) is 1. The summed E-state index contributed by atoms with van der Waals surface area (Å²) in [5, 5.41) is 0. The van der Waals surface area contributed by atoms with E-state index in [0.717, 1.165) is 24.1 Å². The number of nitrogens with zero attached hydrogens (tertiary/aromatic N) is 1. The first-order valence-corrected chi connectivity index (χ1v) is 10.9. The lowest BCUT2D eigenvalue weighted by Crippen LogP contribution is -2.28. The fourth-order valence-corrected chi connectivity index (χ4v) is 4.66. The van der Waals surface area contributed by atoms with E-state index in [2.05, 4.69) is 40.8 Å². The summed E-state index contributed by atoms with van der Waals surface area (Å²) < 4.78 is 26.9. The summed E-state index contributed by atoms with van der Waals surface area (Å²) >= 11 is 0. The Morgan fingerprint density at radius 3 is 2.54 bits per heavy atom. The van der Waals surface area contributed by atoms with E-state index in [1.54, 1.807) is 25.1 Å². The van der Waals surface area contributed by atoms with E-state index in [0.29, 0.717) is 17.5 Å². The maximum atomic E-state index is 12.2. The molecule has 0 spiro atoms. The molecule has 0 aromatic heterocycles. The van der Waals surface area contributed by atoms with Crippen LogP contribution in [-0.4, -0.2) is 39.0 Å². The molecule has 0 radical (unpaired) electrons. The van der Waals surface area contributed by atoms with Crippen molar-refractivity contribution in [2.24, 2.45) is 0 Å². The second-order valence-electron chi connectivity index (χ2n) is 7.00. The zero-order valence-corrected chi connectivity index (χ0v) is 16.4. The zero-order valence-electron chi connectivity index (χ0n) is 15.6. The molecule has 1 saturated heterocycles.